The van der Waals surface area contributed by atoms with Crippen LogP contribution in [0.1, 0.15) is 31.1 Å². The summed E-state index contributed by atoms with van der Waals surface area (Å²) in [4.78, 5) is 21.0. The van der Waals surface area contributed by atoms with Crippen LogP contribution in [0, 0.1) is 5.92 Å². The average molecular weight is 338 g/mol. The summed E-state index contributed by atoms with van der Waals surface area (Å²) in [7, 11) is 0. The molecule has 25 heavy (non-hydrogen) atoms. The number of carbonyl (C=O) groups excluding carboxylic acids is 1. The number of rotatable bonds is 5. The molecule has 0 aliphatic heterocycles. The number of carbonyl (C=O) groups is 1. The molecule has 3 aromatic rings. The summed E-state index contributed by atoms with van der Waals surface area (Å²) >= 11 is 0. The minimum absolute atomic E-state index is 0.0443. The maximum absolute atomic E-state index is 12.2. The molecule has 6 nitrogen and oxygen atoms in total. The third-order valence-corrected chi connectivity index (χ3v) is 4.56. The van der Waals surface area contributed by atoms with Crippen molar-refractivity contribution >= 4 is 16.9 Å². The molecule has 1 atom stereocenters. The van der Waals surface area contributed by atoms with Crippen LogP contribution in [0.2, 0.25) is 0 Å². The third kappa shape index (κ3) is 3.53. The fraction of sp³-hybridized carbons (Fsp3) is 0.316. The van der Waals surface area contributed by atoms with Gasteiger partial charge in [-0.1, -0.05) is 26.0 Å². The summed E-state index contributed by atoms with van der Waals surface area (Å²) in [5.74, 6) is 0.484. The van der Waals surface area contributed by atoms with E-state index in [9.17, 15) is 9.90 Å². The highest BCUT2D eigenvalue weighted by Gasteiger charge is 2.25. The van der Waals surface area contributed by atoms with Crippen molar-refractivity contribution in [2.75, 3.05) is 6.54 Å². The van der Waals surface area contributed by atoms with Crippen LogP contribution in [0.3, 0.4) is 0 Å². The van der Waals surface area contributed by atoms with Crippen molar-refractivity contribution in [3.8, 4) is 5.82 Å². The summed E-state index contributed by atoms with van der Waals surface area (Å²) in [5, 5.41) is 13.0. The zero-order valence-electron chi connectivity index (χ0n) is 14.6. The number of benzene rings is 1. The molecule has 0 aliphatic rings. The molecule has 0 bridgehead atoms. The average Bonchev–Trinajstić information content (AvgIpc) is 3.04. The molecule has 0 spiro atoms. The molecule has 3 rings (SSSR count). The minimum atomic E-state index is -0.946. The zero-order valence-corrected chi connectivity index (χ0v) is 14.6. The molecule has 1 aromatic carbocycles. The van der Waals surface area contributed by atoms with Crippen molar-refractivity contribution in [2.45, 2.75) is 26.4 Å². The normalized spacial score (nSPS) is 13.8. The molecule has 2 N–H and O–H groups in total. The van der Waals surface area contributed by atoms with Gasteiger partial charge in [-0.05, 0) is 37.1 Å². The van der Waals surface area contributed by atoms with Crippen LogP contribution >= 0.6 is 0 Å². The van der Waals surface area contributed by atoms with E-state index in [2.05, 4.69) is 15.3 Å². The van der Waals surface area contributed by atoms with Gasteiger partial charge in [0.2, 0.25) is 0 Å². The van der Waals surface area contributed by atoms with E-state index in [4.69, 9.17) is 0 Å². The number of hydrogen-bond donors (Lipinski definition) is 2. The maximum atomic E-state index is 12.2. The van der Waals surface area contributed by atoms with Gasteiger partial charge < -0.3 is 10.4 Å². The first kappa shape index (κ1) is 17.1. The molecule has 0 fully saturated rings. The Bertz CT molecular complexity index is 882. The van der Waals surface area contributed by atoms with Crippen molar-refractivity contribution < 1.29 is 9.90 Å². The molecule has 1 unspecified atom stereocenters. The molecule has 0 aliphatic carbocycles. The van der Waals surface area contributed by atoms with Crippen LogP contribution in [0.15, 0.2) is 48.9 Å². The predicted molar refractivity (Wildman–Crippen MR) is 96.7 cm³/mol. The zero-order chi connectivity index (χ0) is 18.0. The van der Waals surface area contributed by atoms with E-state index in [1.165, 1.54) is 6.20 Å². The second kappa shape index (κ2) is 6.64. The van der Waals surface area contributed by atoms with E-state index >= 15 is 0 Å². The van der Waals surface area contributed by atoms with E-state index in [-0.39, 0.29) is 18.4 Å². The molecule has 0 saturated heterocycles. The highest BCUT2D eigenvalue weighted by Crippen LogP contribution is 2.17. The van der Waals surface area contributed by atoms with Gasteiger partial charge in [-0.3, -0.25) is 9.36 Å². The number of aliphatic hydroxyl groups is 1. The van der Waals surface area contributed by atoms with Crippen LogP contribution in [0.25, 0.3) is 16.9 Å². The monoisotopic (exact) mass is 338 g/mol. The van der Waals surface area contributed by atoms with Crippen LogP contribution in [0.4, 0.5) is 0 Å². The van der Waals surface area contributed by atoms with Crippen molar-refractivity contribution in [1.82, 2.24) is 19.9 Å². The lowest BCUT2D eigenvalue weighted by molar-refractivity contribution is 0.0142. The summed E-state index contributed by atoms with van der Waals surface area (Å²) < 4.78 is 1.88. The van der Waals surface area contributed by atoms with Gasteiger partial charge in [0, 0.05) is 12.7 Å². The number of amides is 1. The fourth-order valence-corrected chi connectivity index (χ4v) is 2.37. The lowest BCUT2D eigenvalue weighted by Crippen LogP contribution is -2.44. The number of nitrogens with one attached hydrogen (secondary N) is 1. The molecule has 6 heteroatoms. The lowest BCUT2D eigenvalue weighted by atomic mass is 9.92. The number of fused-ring (bicyclic) bond motifs is 1. The fourth-order valence-electron chi connectivity index (χ4n) is 2.37. The Morgan fingerprint density at radius 3 is 2.68 bits per heavy atom. The SMILES string of the molecule is CC(C)C(C)(O)CNC(=O)c1ccc(-n2cnc3ccccc32)nc1. The van der Waals surface area contributed by atoms with Crippen LogP contribution in [0.5, 0.6) is 0 Å². The summed E-state index contributed by atoms with van der Waals surface area (Å²) in [5.41, 5.74) is 1.36. The van der Waals surface area contributed by atoms with Crippen molar-refractivity contribution in [3.05, 3.63) is 54.5 Å². The quantitative estimate of drug-likeness (QED) is 0.749. The van der Waals surface area contributed by atoms with Crippen molar-refractivity contribution in [2.24, 2.45) is 5.92 Å². The van der Waals surface area contributed by atoms with E-state index in [0.29, 0.717) is 11.4 Å². The topological polar surface area (TPSA) is 80.0 Å². The first-order valence-corrected chi connectivity index (χ1v) is 8.27. The minimum Gasteiger partial charge on any atom is -0.388 e. The largest absolute Gasteiger partial charge is 0.388 e. The molecule has 0 saturated carbocycles. The van der Waals surface area contributed by atoms with Gasteiger partial charge in [0.1, 0.15) is 12.1 Å². The highest BCUT2D eigenvalue weighted by atomic mass is 16.3. The summed E-state index contributed by atoms with van der Waals surface area (Å²) in [6.07, 6.45) is 3.25. The number of aromatic nitrogens is 3. The molecular weight excluding hydrogens is 316 g/mol. The lowest BCUT2D eigenvalue weighted by Gasteiger charge is -2.27. The first-order valence-electron chi connectivity index (χ1n) is 8.27. The number of imidazole rings is 1. The Kier molecular flexibility index (Phi) is 4.55. The molecule has 2 aromatic heterocycles. The van der Waals surface area contributed by atoms with Gasteiger partial charge in [0.05, 0.1) is 22.2 Å². The van der Waals surface area contributed by atoms with Gasteiger partial charge in [0.25, 0.3) is 5.91 Å². The summed E-state index contributed by atoms with van der Waals surface area (Å²) in [6, 6.07) is 11.3. The standard InChI is InChI=1S/C19H22N4O2/c1-13(2)19(3,25)11-21-18(24)14-8-9-17(20-10-14)23-12-22-15-6-4-5-7-16(15)23/h4-10,12-13,25H,11H2,1-3H3,(H,21,24). The Hall–Kier alpha value is -2.73. The Labute approximate surface area is 146 Å². The van der Waals surface area contributed by atoms with E-state index in [0.717, 1.165) is 11.0 Å². The van der Waals surface area contributed by atoms with Crippen molar-refractivity contribution in [3.63, 3.8) is 0 Å². The van der Waals surface area contributed by atoms with Crippen molar-refractivity contribution in [1.29, 1.82) is 0 Å². The van der Waals surface area contributed by atoms with Gasteiger partial charge in [0.15, 0.2) is 0 Å². The van der Waals surface area contributed by atoms with Gasteiger partial charge >= 0.3 is 0 Å². The van der Waals surface area contributed by atoms with E-state index in [1.54, 1.807) is 25.4 Å². The Balaban J connectivity index is 1.75. The van der Waals surface area contributed by atoms with Crippen LogP contribution < -0.4 is 5.32 Å². The third-order valence-electron chi connectivity index (χ3n) is 4.56. The molecule has 2 heterocycles. The number of para-hydroxylation sites is 2. The molecule has 130 valence electrons. The van der Waals surface area contributed by atoms with Gasteiger partial charge in [-0.25, -0.2) is 9.97 Å². The second-order valence-corrected chi connectivity index (χ2v) is 6.70. The molecule has 0 radical (unpaired) electrons. The van der Waals surface area contributed by atoms with Crippen LogP contribution in [-0.2, 0) is 0 Å². The van der Waals surface area contributed by atoms with E-state index in [1.807, 2.05) is 42.7 Å². The van der Waals surface area contributed by atoms with Gasteiger partial charge in [-0.15, -0.1) is 0 Å². The number of pyridine rings is 1. The predicted octanol–water partition coefficient (Wildman–Crippen LogP) is 2.56. The van der Waals surface area contributed by atoms with Crippen LogP contribution in [-0.4, -0.2) is 37.7 Å². The summed E-state index contributed by atoms with van der Waals surface area (Å²) in [6.45, 7) is 5.73. The number of nitrogens with zero attached hydrogens (tertiary/aromatic N) is 3. The molecule has 1 amide bonds. The molecular formula is C19H22N4O2. The van der Waals surface area contributed by atoms with E-state index < -0.39 is 5.60 Å². The maximum Gasteiger partial charge on any atom is 0.252 e. The smallest absolute Gasteiger partial charge is 0.252 e. The highest BCUT2D eigenvalue weighted by molar-refractivity contribution is 5.94. The van der Waals surface area contributed by atoms with Gasteiger partial charge in [-0.2, -0.15) is 0 Å². The Morgan fingerprint density at radius 1 is 1.24 bits per heavy atom. The second-order valence-electron chi connectivity index (χ2n) is 6.70. The Morgan fingerprint density at radius 2 is 2.00 bits per heavy atom. The first-order chi connectivity index (χ1) is 11.9. The number of hydrogen-bond acceptors (Lipinski definition) is 4.